The molecule has 28 heavy (non-hydrogen) atoms. The minimum absolute atomic E-state index is 0.127. The predicted molar refractivity (Wildman–Crippen MR) is 111 cm³/mol. The van der Waals surface area contributed by atoms with E-state index in [0.717, 1.165) is 37.2 Å². The van der Waals surface area contributed by atoms with Crippen molar-refractivity contribution in [1.82, 2.24) is 15.0 Å². The fourth-order valence-electron chi connectivity index (χ4n) is 3.28. The van der Waals surface area contributed by atoms with Gasteiger partial charge in [-0.25, -0.2) is 4.98 Å². The van der Waals surface area contributed by atoms with E-state index >= 15 is 0 Å². The summed E-state index contributed by atoms with van der Waals surface area (Å²) in [6, 6.07) is 5.68. The largest absolute Gasteiger partial charge is 0.389 e. The van der Waals surface area contributed by atoms with Crippen LogP contribution in [0.25, 0.3) is 10.6 Å². The van der Waals surface area contributed by atoms with Gasteiger partial charge in [-0.05, 0) is 31.0 Å². The highest BCUT2D eigenvalue weighted by Gasteiger charge is 2.22. The van der Waals surface area contributed by atoms with E-state index in [1.807, 2.05) is 18.2 Å². The number of pyridine rings is 2. The lowest BCUT2D eigenvalue weighted by molar-refractivity contribution is 0.102. The highest BCUT2D eigenvalue weighted by atomic mass is 32.1. The number of carbonyl (C=O) groups excluding carboxylic acids is 1. The van der Waals surface area contributed by atoms with Crippen LogP contribution in [0.3, 0.4) is 0 Å². The molecule has 8 nitrogen and oxygen atoms in total. The first-order valence-electron chi connectivity index (χ1n) is 9.04. The van der Waals surface area contributed by atoms with Crippen molar-refractivity contribution in [1.29, 1.82) is 0 Å². The summed E-state index contributed by atoms with van der Waals surface area (Å²) in [5.41, 5.74) is 14.8. The van der Waals surface area contributed by atoms with Crippen LogP contribution in [0.1, 0.15) is 23.3 Å². The van der Waals surface area contributed by atoms with Crippen LogP contribution < -0.4 is 21.7 Å². The summed E-state index contributed by atoms with van der Waals surface area (Å²) in [5, 5.41) is 3.96. The van der Waals surface area contributed by atoms with Gasteiger partial charge in [0.05, 0.1) is 17.6 Å². The standard InChI is InChI=1S/C19H21N7OS/c20-13-2-1-9-26(11-13)15-5-8-23-10-14(15)24-18(27)16-17(21)28-19(25-16)12-3-6-22-7-4-12/h3-8,10,13H,1-2,9,11,20-21H2,(H,24,27). The van der Waals surface area contributed by atoms with E-state index in [2.05, 4.69) is 25.2 Å². The van der Waals surface area contributed by atoms with Crippen LogP contribution in [0.15, 0.2) is 43.0 Å². The first-order valence-corrected chi connectivity index (χ1v) is 9.86. The number of nitrogens with zero attached hydrogens (tertiary/aromatic N) is 4. The summed E-state index contributed by atoms with van der Waals surface area (Å²) < 4.78 is 0. The number of hydrogen-bond donors (Lipinski definition) is 3. The summed E-state index contributed by atoms with van der Waals surface area (Å²) >= 11 is 1.27. The highest BCUT2D eigenvalue weighted by Crippen LogP contribution is 2.32. The molecule has 0 radical (unpaired) electrons. The number of nitrogen functional groups attached to an aromatic ring is 1. The van der Waals surface area contributed by atoms with Crippen LogP contribution in [-0.2, 0) is 0 Å². The summed E-state index contributed by atoms with van der Waals surface area (Å²) in [5.74, 6) is -0.357. The van der Waals surface area contributed by atoms with E-state index in [9.17, 15) is 4.79 Å². The van der Waals surface area contributed by atoms with Gasteiger partial charge in [-0.1, -0.05) is 11.3 Å². The third kappa shape index (κ3) is 3.80. The monoisotopic (exact) mass is 395 g/mol. The average molecular weight is 395 g/mol. The number of piperidine rings is 1. The Morgan fingerprint density at radius 1 is 1.21 bits per heavy atom. The van der Waals surface area contributed by atoms with Crippen LogP contribution in [-0.4, -0.2) is 40.0 Å². The molecule has 0 bridgehead atoms. The molecule has 0 spiro atoms. The van der Waals surface area contributed by atoms with E-state index in [1.165, 1.54) is 11.3 Å². The molecular formula is C19H21N7OS. The number of rotatable bonds is 4. The van der Waals surface area contributed by atoms with Gasteiger partial charge in [-0.2, -0.15) is 0 Å². The number of aromatic nitrogens is 3. The summed E-state index contributed by atoms with van der Waals surface area (Å²) in [6.07, 6.45) is 8.74. The Balaban J connectivity index is 1.57. The Labute approximate surface area is 166 Å². The SMILES string of the molecule is Nc1sc(-c2ccncc2)nc1C(=O)Nc1cnccc1N1CCCC(N)C1. The third-order valence-corrected chi connectivity index (χ3v) is 5.57. The molecule has 0 aliphatic carbocycles. The summed E-state index contributed by atoms with van der Waals surface area (Å²) in [6.45, 7) is 1.64. The molecule has 4 rings (SSSR count). The van der Waals surface area contributed by atoms with Gasteiger partial charge in [0.2, 0.25) is 0 Å². The van der Waals surface area contributed by atoms with Crippen LogP contribution >= 0.6 is 11.3 Å². The van der Waals surface area contributed by atoms with Crippen LogP contribution in [0.5, 0.6) is 0 Å². The van der Waals surface area contributed by atoms with Crippen LogP contribution in [0.4, 0.5) is 16.4 Å². The van der Waals surface area contributed by atoms with Gasteiger partial charge < -0.3 is 21.7 Å². The number of nitrogens with one attached hydrogen (secondary N) is 1. The number of thiazole rings is 1. The van der Waals surface area contributed by atoms with E-state index in [-0.39, 0.29) is 17.6 Å². The third-order valence-electron chi connectivity index (χ3n) is 4.64. The number of amides is 1. The Kier molecular flexibility index (Phi) is 5.18. The van der Waals surface area contributed by atoms with Crippen LogP contribution in [0.2, 0.25) is 0 Å². The Morgan fingerprint density at radius 3 is 2.79 bits per heavy atom. The summed E-state index contributed by atoms with van der Waals surface area (Å²) in [4.78, 5) is 27.6. The second-order valence-corrected chi connectivity index (χ2v) is 7.69. The van der Waals surface area contributed by atoms with Gasteiger partial charge >= 0.3 is 0 Å². The molecule has 1 aliphatic rings. The lowest BCUT2D eigenvalue weighted by Crippen LogP contribution is -2.43. The summed E-state index contributed by atoms with van der Waals surface area (Å²) in [7, 11) is 0. The van der Waals surface area contributed by atoms with E-state index in [1.54, 1.807) is 24.8 Å². The molecule has 4 heterocycles. The van der Waals surface area contributed by atoms with Crippen molar-refractivity contribution in [2.75, 3.05) is 29.0 Å². The van der Waals surface area contributed by atoms with Gasteiger partial charge in [-0.3, -0.25) is 14.8 Å². The molecule has 5 N–H and O–H groups in total. The average Bonchev–Trinajstić information content (AvgIpc) is 3.11. The maximum absolute atomic E-state index is 12.8. The fourth-order valence-corrected chi connectivity index (χ4v) is 4.12. The Morgan fingerprint density at radius 2 is 2.00 bits per heavy atom. The zero-order valence-corrected chi connectivity index (χ0v) is 16.0. The molecule has 144 valence electrons. The maximum Gasteiger partial charge on any atom is 0.277 e. The van der Waals surface area contributed by atoms with Gasteiger partial charge in [0.15, 0.2) is 5.69 Å². The van der Waals surface area contributed by atoms with Crippen molar-refractivity contribution in [3.05, 3.63) is 48.7 Å². The van der Waals surface area contributed by atoms with Gasteiger partial charge in [0.1, 0.15) is 10.0 Å². The number of nitrogens with two attached hydrogens (primary N) is 2. The van der Waals surface area contributed by atoms with E-state index < -0.39 is 0 Å². The van der Waals surface area contributed by atoms with Gasteiger partial charge in [0, 0.05) is 43.3 Å². The second-order valence-electron chi connectivity index (χ2n) is 6.66. The lowest BCUT2D eigenvalue weighted by atomic mass is 10.1. The second kappa shape index (κ2) is 7.91. The van der Waals surface area contributed by atoms with Crippen molar-refractivity contribution < 1.29 is 4.79 Å². The first kappa shape index (κ1) is 18.3. The molecule has 1 saturated heterocycles. The lowest BCUT2D eigenvalue weighted by Gasteiger charge is -2.33. The Hall–Kier alpha value is -3.04. The van der Waals surface area contributed by atoms with Crippen molar-refractivity contribution in [3.63, 3.8) is 0 Å². The smallest absolute Gasteiger partial charge is 0.277 e. The van der Waals surface area contributed by atoms with E-state index in [0.29, 0.717) is 15.7 Å². The molecule has 1 fully saturated rings. The van der Waals surface area contributed by atoms with E-state index in [4.69, 9.17) is 11.5 Å². The molecule has 1 unspecified atom stereocenters. The zero-order chi connectivity index (χ0) is 19.5. The minimum atomic E-state index is -0.357. The molecule has 1 amide bonds. The van der Waals surface area contributed by atoms with Crippen molar-refractivity contribution >= 4 is 33.6 Å². The fraction of sp³-hybridized carbons (Fsp3) is 0.263. The molecule has 1 atom stereocenters. The molecule has 0 saturated carbocycles. The van der Waals surface area contributed by atoms with Crippen molar-refractivity contribution in [2.24, 2.45) is 5.73 Å². The predicted octanol–water partition coefficient (Wildman–Crippen LogP) is 2.36. The Bertz CT molecular complexity index is 975. The molecule has 0 aromatic carbocycles. The molecule has 3 aromatic heterocycles. The quantitative estimate of drug-likeness (QED) is 0.619. The molecule has 1 aliphatic heterocycles. The minimum Gasteiger partial charge on any atom is -0.389 e. The van der Waals surface area contributed by atoms with Crippen LogP contribution in [0, 0.1) is 0 Å². The highest BCUT2D eigenvalue weighted by molar-refractivity contribution is 7.19. The van der Waals surface area contributed by atoms with Gasteiger partial charge in [0.25, 0.3) is 5.91 Å². The van der Waals surface area contributed by atoms with Crippen molar-refractivity contribution in [3.8, 4) is 10.6 Å². The van der Waals surface area contributed by atoms with Gasteiger partial charge in [-0.15, -0.1) is 0 Å². The molecule has 9 heteroatoms. The number of hydrogen-bond acceptors (Lipinski definition) is 8. The molecule has 3 aromatic rings. The molecular weight excluding hydrogens is 374 g/mol. The zero-order valence-electron chi connectivity index (χ0n) is 15.2. The number of anilines is 3. The topological polar surface area (TPSA) is 123 Å². The maximum atomic E-state index is 12.8. The first-order chi connectivity index (χ1) is 13.6. The normalized spacial score (nSPS) is 16.8. The number of carbonyl (C=O) groups is 1. The van der Waals surface area contributed by atoms with Crippen molar-refractivity contribution in [2.45, 2.75) is 18.9 Å².